The number of fused-ring (bicyclic) bond motifs is 9. The summed E-state index contributed by atoms with van der Waals surface area (Å²) in [4.78, 5) is 10.5. The molecule has 0 saturated carbocycles. The van der Waals surface area contributed by atoms with Gasteiger partial charge in [-0.15, -0.1) is 0 Å². The number of hydrogen-bond donors (Lipinski definition) is 0. The zero-order chi connectivity index (χ0) is 36.0. The van der Waals surface area contributed by atoms with Crippen molar-refractivity contribution in [2.24, 2.45) is 0 Å². The first-order valence-corrected chi connectivity index (χ1v) is 20.1. The Morgan fingerprint density at radius 2 is 1.09 bits per heavy atom. The molecule has 4 heteroatoms. The lowest BCUT2D eigenvalue weighted by molar-refractivity contribution is 0.661. The largest absolute Gasteiger partial charge is 0.308 e. The maximum atomic E-state index is 5.23. The van der Waals surface area contributed by atoms with Gasteiger partial charge in [-0.05, 0) is 88.0 Å². The summed E-state index contributed by atoms with van der Waals surface area (Å²) in [7, 11) is 0. The summed E-state index contributed by atoms with van der Waals surface area (Å²) in [6.45, 7) is 4.74. The topological polar surface area (TPSA) is 17.8 Å². The highest BCUT2D eigenvalue weighted by Gasteiger charge is 2.36. The SMILES string of the molecule is CC1(C)c2ccccc2-c2cc3c(cc21)c1ccc2c(c1n3-c1ccc(-c3cc(-c4ccccc4)cc(-c4ccccc4)n3)cc1)Sc1ccccc1S2. The molecule has 0 bridgehead atoms. The quantitative estimate of drug-likeness (QED) is 0.180. The zero-order valence-electron chi connectivity index (χ0n) is 29.9. The third-order valence-electron chi connectivity index (χ3n) is 11.3. The average Bonchev–Trinajstić information content (AvgIpc) is 3.68. The van der Waals surface area contributed by atoms with E-state index in [0.717, 1.165) is 33.8 Å². The van der Waals surface area contributed by atoms with Crippen LogP contribution in [0.3, 0.4) is 0 Å². The van der Waals surface area contributed by atoms with Gasteiger partial charge in [0.15, 0.2) is 0 Å². The molecule has 1 aliphatic heterocycles. The van der Waals surface area contributed by atoms with E-state index in [0.29, 0.717) is 0 Å². The minimum atomic E-state index is -0.0756. The molecule has 0 atom stereocenters. The van der Waals surface area contributed by atoms with Crippen molar-refractivity contribution in [3.05, 3.63) is 181 Å². The van der Waals surface area contributed by atoms with Crippen LogP contribution in [0.2, 0.25) is 0 Å². The minimum absolute atomic E-state index is 0.0756. The van der Waals surface area contributed by atoms with Crippen molar-refractivity contribution in [2.45, 2.75) is 38.8 Å². The van der Waals surface area contributed by atoms with Crippen molar-refractivity contribution in [3.63, 3.8) is 0 Å². The van der Waals surface area contributed by atoms with Crippen molar-refractivity contribution >= 4 is 45.3 Å². The van der Waals surface area contributed by atoms with Crippen LogP contribution in [-0.4, -0.2) is 9.55 Å². The highest BCUT2D eigenvalue weighted by atomic mass is 32.2. The Balaban J connectivity index is 1.12. The van der Waals surface area contributed by atoms with Gasteiger partial charge in [-0.1, -0.05) is 153 Å². The molecule has 0 radical (unpaired) electrons. The van der Waals surface area contributed by atoms with E-state index in [9.17, 15) is 0 Å². The molecule has 0 fully saturated rings. The third kappa shape index (κ3) is 4.87. The number of rotatable bonds is 4. The molecule has 256 valence electrons. The van der Waals surface area contributed by atoms with Crippen LogP contribution in [-0.2, 0) is 5.41 Å². The summed E-state index contributed by atoms with van der Waals surface area (Å²) in [5.74, 6) is 0. The van der Waals surface area contributed by atoms with Crippen LogP contribution < -0.4 is 0 Å². The summed E-state index contributed by atoms with van der Waals surface area (Å²) in [6, 6.07) is 62.0. The Kier molecular flexibility index (Phi) is 7.11. The predicted octanol–water partition coefficient (Wildman–Crippen LogP) is 14.1. The zero-order valence-corrected chi connectivity index (χ0v) is 31.5. The van der Waals surface area contributed by atoms with Gasteiger partial charge >= 0.3 is 0 Å². The lowest BCUT2D eigenvalue weighted by Gasteiger charge is -2.21. The fourth-order valence-corrected chi connectivity index (χ4v) is 10.9. The second kappa shape index (κ2) is 12.1. The van der Waals surface area contributed by atoms with Gasteiger partial charge < -0.3 is 4.57 Å². The van der Waals surface area contributed by atoms with Crippen molar-refractivity contribution in [3.8, 4) is 50.5 Å². The van der Waals surface area contributed by atoms with E-state index in [1.807, 2.05) is 23.5 Å². The van der Waals surface area contributed by atoms with Gasteiger partial charge in [-0.25, -0.2) is 4.98 Å². The van der Waals surface area contributed by atoms with Gasteiger partial charge in [0, 0.05) is 47.7 Å². The van der Waals surface area contributed by atoms with Crippen LogP contribution in [0.15, 0.2) is 189 Å². The van der Waals surface area contributed by atoms with E-state index in [1.165, 1.54) is 69.2 Å². The summed E-state index contributed by atoms with van der Waals surface area (Å²) >= 11 is 3.78. The Bertz CT molecular complexity index is 2880. The van der Waals surface area contributed by atoms with Crippen molar-refractivity contribution < 1.29 is 0 Å². The summed E-state index contributed by atoms with van der Waals surface area (Å²) in [5, 5.41) is 2.59. The molecular formula is C50H34N2S2. The van der Waals surface area contributed by atoms with E-state index in [2.05, 4.69) is 188 Å². The first-order chi connectivity index (χ1) is 26.5. The Morgan fingerprint density at radius 3 is 1.83 bits per heavy atom. The molecule has 2 aromatic heterocycles. The molecule has 0 amide bonds. The summed E-state index contributed by atoms with van der Waals surface area (Å²) < 4.78 is 2.52. The Morgan fingerprint density at radius 1 is 0.463 bits per heavy atom. The normalized spacial score (nSPS) is 13.7. The van der Waals surface area contributed by atoms with E-state index >= 15 is 0 Å². The average molecular weight is 727 g/mol. The van der Waals surface area contributed by atoms with E-state index < -0.39 is 0 Å². The van der Waals surface area contributed by atoms with Gasteiger partial charge in [-0.3, -0.25) is 0 Å². The molecule has 2 aliphatic rings. The van der Waals surface area contributed by atoms with E-state index in [-0.39, 0.29) is 5.41 Å². The highest BCUT2D eigenvalue weighted by Crippen LogP contribution is 2.55. The molecule has 1 aliphatic carbocycles. The van der Waals surface area contributed by atoms with Gasteiger partial charge in [0.25, 0.3) is 0 Å². The molecular weight excluding hydrogens is 693 g/mol. The molecule has 0 spiro atoms. The number of benzene rings is 7. The van der Waals surface area contributed by atoms with E-state index in [4.69, 9.17) is 4.98 Å². The summed E-state index contributed by atoms with van der Waals surface area (Å²) in [5.41, 5.74) is 15.5. The molecule has 3 heterocycles. The molecule has 54 heavy (non-hydrogen) atoms. The van der Waals surface area contributed by atoms with Crippen LogP contribution >= 0.6 is 23.5 Å². The number of hydrogen-bond acceptors (Lipinski definition) is 3. The Labute approximate surface area is 323 Å². The molecule has 2 nitrogen and oxygen atoms in total. The molecule has 0 saturated heterocycles. The molecule has 0 unspecified atom stereocenters. The van der Waals surface area contributed by atoms with Crippen LogP contribution in [0.1, 0.15) is 25.0 Å². The van der Waals surface area contributed by atoms with Gasteiger partial charge in [0.05, 0.1) is 27.3 Å². The van der Waals surface area contributed by atoms with E-state index in [1.54, 1.807) is 0 Å². The van der Waals surface area contributed by atoms with Gasteiger partial charge in [0.1, 0.15) is 0 Å². The van der Waals surface area contributed by atoms with Crippen molar-refractivity contribution in [1.82, 2.24) is 9.55 Å². The second-order valence-corrected chi connectivity index (χ2v) is 16.9. The number of pyridine rings is 1. The third-order valence-corrected chi connectivity index (χ3v) is 13.8. The van der Waals surface area contributed by atoms with Crippen LogP contribution in [0, 0.1) is 0 Å². The maximum absolute atomic E-state index is 5.23. The first-order valence-electron chi connectivity index (χ1n) is 18.5. The Hall–Kier alpha value is -5.81. The molecule has 9 aromatic rings. The number of aromatic nitrogens is 2. The van der Waals surface area contributed by atoms with Gasteiger partial charge in [0.2, 0.25) is 0 Å². The van der Waals surface area contributed by atoms with Crippen molar-refractivity contribution in [1.29, 1.82) is 0 Å². The first kappa shape index (κ1) is 31.7. The highest BCUT2D eigenvalue weighted by molar-refractivity contribution is 8.05. The van der Waals surface area contributed by atoms with Gasteiger partial charge in [-0.2, -0.15) is 0 Å². The molecule has 0 N–H and O–H groups in total. The van der Waals surface area contributed by atoms with Crippen LogP contribution in [0.5, 0.6) is 0 Å². The summed E-state index contributed by atoms with van der Waals surface area (Å²) in [6.07, 6.45) is 0. The van der Waals surface area contributed by atoms with Crippen LogP contribution in [0.4, 0.5) is 0 Å². The molecule has 11 rings (SSSR count). The number of nitrogens with zero attached hydrogens (tertiary/aromatic N) is 2. The predicted molar refractivity (Wildman–Crippen MR) is 227 cm³/mol. The lowest BCUT2D eigenvalue weighted by Crippen LogP contribution is -2.14. The minimum Gasteiger partial charge on any atom is -0.308 e. The van der Waals surface area contributed by atoms with Crippen molar-refractivity contribution in [2.75, 3.05) is 0 Å². The molecule has 7 aromatic carbocycles. The maximum Gasteiger partial charge on any atom is 0.0715 e. The fourth-order valence-electron chi connectivity index (χ4n) is 8.56. The lowest BCUT2D eigenvalue weighted by atomic mass is 9.82. The smallest absolute Gasteiger partial charge is 0.0715 e. The fraction of sp³-hybridized carbons (Fsp3) is 0.0600. The second-order valence-electron chi connectivity index (χ2n) is 14.8. The monoisotopic (exact) mass is 726 g/mol. The van der Waals surface area contributed by atoms with Crippen LogP contribution in [0.25, 0.3) is 72.3 Å². The standard InChI is InChI=1S/C50H34N2S2/c1-50(2)40-18-10-9-17-36(40)38-30-44-39(29-41(38)50)37-25-26-47-49(54-46-20-12-11-19-45(46)53-47)48(37)52(44)35-23-21-33(22-24-35)43-28-34(31-13-5-3-6-14-31)27-42(51-43)32-15-7-4-8-16-32/h3-30H,1-2H3.